The first-order valence-electron chi connectivity index (χ1n) is 12.7. The normalized spacial score (nSPS) is 14.1. The summed E-state index contributed by atoms with van der Waals surface area (Å²) in [5.74, 6) is -0.255. The molecule has 5 rings (SSSR count). The first kappa shape index (κ1) is 24.8. The molecule has 0 bridgehead atoms. The molecule has 5 nitrogen and oxygen atoms in total. The van der Waals surface area contributed by atoms with Gasteiger partial charge >= 0.3 is 0 Å². The quantitative estimate of drug-likeness (QED) is 0.273. The van der Waals surface area contributed by atoms with Crippen molar-refractivity contribution in [2.45, 2.75) is 32.7 Å². The summed E-state index contributed by atoms with van der Waals surface area (Å²) in [7, 11) is 0. The minimum absolute atomic E-state index is 0.00809. The summed E-state index contributed by atoms with van der Waals surface area (Å²) in [4.78, 5) is 31.2. The number of aryl methyl sites for hydroxylation is 1. The number of carbonyl (C=O) groups is 2. The third-order valence-corrected chi connectivity index (χ3v) is 7.12. The number of carbonyl (C=O) groups excluding carboxylic acids is 2. The summed E-state index contributed by atoms with van der Waals surface area (Å²) < 4.78 is 2.13. The number of halogens is 1. The Morgan fingerprint density at radius 3 is 2.30 bits per heavy atom. The summed E-state index contributed by atoms with van der Waals surface area (Å²) in [5.41, 5.74) is 5.38. The second-order valence-corrected chi connectivity index (χ2v) is 9.89. The van der Waals surface area contributed by atoms with Gasteiger partial charge in [-0.05, 0) is 67.4 Å². The van der Waals surface area contributed by atoms with E-state index in [0.717, 1.165) is 41.0 Å². The van der Waals surface area contributed by atoms with Crippen molar-refractivity contribution in [1.82, 2.24) is 9.47 Å². The van der Waals surface area contributed by atoms with Crippen LogP contribution in [0.4, 0.5) is 5.69 Å². The molecular formula is C31H30ClN3O2. The fourth-order valence-electron chi connectivity index (χ4n) is 4.94. The van der Waals surface area contributed by atoms with Crippen molar-refractivity contribution in [3.63, 3.8) is 0 Å². The van der Waals surface area contributed by atoms with E-state index >= 15 is 0 Å². The summed E-state index contributed by atoms with van der Waals surface area (Å²) in [6, 6.07) is 26.7. The molecule has 0 saturated heterocycles. The standard InChI is InChI=1S/C31H30ClN3O2/c1-3-4-19-33(31(37)24-13-11-22(2)12-14-24)21-29(36)35-27-9-6-5-8-26(27)34-20-7-10-28(34)30(35)23-15-17-25(32)18-16-23/h5-18,20,30H,3-4,19,21H2,1-2H3. The van der Waals surface area contributed by atoms with Gasteiger partial charge in [0.05, 0.1) is 17.1 Å². The number of rotatable bonds is 7. The van der Waals surface area contributed by atoms with Gasteiger partial charge in [0, 0.05) is 23.3 Å². The van der Waals surface area contributed by atoms with E-state index in [-0.39, 0.29) is 24.4 Å². The molecule has 0 saturated carbocycles. The smallest absolute Gasteiger partial charge is 0.254 e. The highest BCUT2D eigenvalue weighted by molar-refractivity contribution is 6.30. The molecule has 0 radical (unpaired) electrons. The Hall–Kier alpha value is -3.83. The Kier molecular flexibility index (Phi) is 7.15. The third-order valence-electron chi connectivity index (χ3n) is 6.87. The fourth-order valence-corrected chi connectivity index (χ4v) is 5.07. The first-order valence-corrected chi connectivity index (χ1v) is 13.1. The zero-order valence-electron chi connectivity index (χ0n) is 21.1. The van der Waals surface area contributed by atoms with Crippen molar-refractivity contribution >= 4 is 29.1 Å². The Balaban J connectivity index is 1.55. The zero-order chi connectivity index (χ0) is 25.9. The fraction of sp³-hybridized carbons (Fsp3) is 0.226. The monoisotopic (exact) mass is 511 g/mol. The van der Waals surface area contributed by atoms with Crippen LogP contribution in [0.15, 0.2) is 91.1 Å². The van der Waals surface area contributed by atoms with Crippen LogP contribution in [-0.2, 0) is 4.79 Å². The van der Waals surface area contributed by atoms with Gasteiger partial charge in [0.25, 0.3) is 5.91 Å². The molecule has 2 heterocycles. The molecule has 1 unspecified atom stereocenters. The molecule has 2 amide bonds. The van der Waals surface area contributed by atoms with Gasteiger partial charge < -0.3 is 9.47 Å². The second kappa shape index (κ2) is 10.7. The van der Waals surface area contributed by atoms with Crippen molar-refractivity contribution in [2.75, 3.05) is 18.0 Å². The minimum Gasteiger partial charge on any atom is -0.329 e. The van der Waals surface area contributed by atoms with Crippen LogP contribution in [0.25, 0.3) is 5.69 Å². The van der Waals surface area contributed by atoms with Crippen LogP contribution in [0.1, 0.15) is 53.0 Å². The molecule has 37 heavy (non-hydrogen) atoms. The molecule has 6 heteroatoms. The lowest BCUT2D eigenvalue weighted by atomic mass is 9.97. The maximum atomic E-state index is 14.2. The topological polar surface area (TPSA) is 45.6 Å². The maximum absolute atomic E-state index is 14.2. The molecule has 0 aliphatic carbocycles. The van der Waals surface area contributed by atoms with Crippen molar-refractivity contribution in [1.29, 1.82) is 0 Å². The predicted molar refractivity (Wildman–Crippen MR) is 149 cm³/mol. The lowest BCUT2D eigenvalue weighted by Crippen LogP contribution is -2.47. The molecule has 1 aliphatic rings. The zero-order valence-corrected chi connectivity index (χ0v) is 21.9. The molecule has 0 spiro atoms. The molecule has 0 fully saturated rings. The summed E-state index contributed by atoms with van der Waals surface area (Å²) in [6.45, 7) is 4.59. The number of benzene rings is 3. The third kappa shape index (κ3) is 4.92. The number of hydrogen-bond donors (Lipinski definition) is 0. The van der Waals surface area contributed by atoms with E-state index in [2.05, 4.69) is 11.5 Å². The van der Waals surface area contributed by atoms with Crippen molar-refractivity contribution in [3.8, 4) is 5.69 Å². The summed E-state index contributed by atoms with van der Waals surface area (Å²) >= 11 is 6.20. The predicted octanol–water partition coefficient (Wildman–Crippen LogP) is 6.82. The number of aromatic nitrogens is 1. The second-order valence-electron chi connectivity index (χ2n) is 9.46. The van der Waals surface area contributed by atoms with E-state index in [1.54, 1.807) is 4.90 Å². The molecule has 1 atom stereocenters. The molecular weight excluding hydrogens is 482 g/mol. The van der Waals surface area contributed by atoms with Crippen LogP contribution < -0.4 is 4.90 Å². The van der Waals surface area contributed by atoms with E-state index < -0.39 is 0 Å². The first-order chi connectivity index (χ1) is 18.0. The van der Waals surface area contributed by atoms with Crippen molar-refractivity contribution in [2.24, 2.45) is 0 Å². The van der Waals surface area contributed by atoms with Crippen LogP contribution in [0.5, 0.6) is 0 Å². The summed E-state index contributed by atoms with van der Waals surface area (Å²) in [5, 5.41) is 0.641. The highest BCUT2D eigenvalue weighted by Crippen LogP contribution is 2.42. The molecule has 0 N–H and O–H groups in total. The van der Waals surface area contributed by atoms with E-state index in [4.69, 9.17) is 11.6 Å². The molecule has 4 aromatic rings. The van der Waals surface area contributed by atoms with E-state index in [0.29, 0.717) is 17.1 Å². The van der Waals surface area contributed by atoms with Crippen LogP contribution in [0.2, 0.25) is 5.02 Å². The summed E-state index contributed by atoms with van der Waals surface area (Å²) in [6.07, 6.45) is 3.78. The van der Waals surface area contributed by atoms with Gasteiger partial charge in [0.2, 0.25) is 5.91 Å². The SMILES string of the molecule is CCCCN(CC(=O)N1c2ccccc2-n2cccc2C1c1ccc(Cl)cc1)C(=O)c1ccc(C)cc1. The molecule has 1 aromatic heterocycles. The lowest BCUT2D eigenvalue weighted by Gasteiger charge is -2.39. The number of amides is 2. The van der Waals surface area contributed by atoms with Crippen LogP contribution in [0, 0.1) is 6.92 Å². The average Bonchev–Trinajstić information content (AvgIpc) is 3.41. The van der Waals surface area contributed by atoms with Crippen molar-refractivity contribution in [3.05, 3.63) is 119 Å². The highest BCUT2D eigenvalue weighted by Gasteiger charge is 2.37. The van der Waals surface area contributed by atoms with Crippen LogP contribution >= 0.6 is 11.6 Å². The Labute approximate surface area is 222 Å². The number of fused-ring (bicyclic) bond motifs is 3. The number of unbranched alkanes of at least 4 members (excludes halogenated alkanes) is 1. The van der Waals surface area contributed by atoms with Gasteiger partial charge in [-0.3, -0.25) is 14.5 Å². The van der Waals surface area contributed by atoms with Gasteiger partial charge in [0.1, 0.15) is 12.6 Å². The van der Waals surface area contributed by atoms with Gasteiger partial charge in [-0.1, -0.05) is 66.9 Å². The lowest BCUT2D eigenvalue weighted by molar-refractivity contribution is -0.119. The van der Waals surface area contributed by atoms with Crippen LogP contribution in [-0.4, -0.2) is 34.4 Å². The van der Waals surface area contributed by atoms with Gasteiger partial charge in [-0.15, -0.1) is 0 Å². The number of hydrogen-bond acceptors (Lipinski definition) is 2. The van der Waals surface area contributed by atoms with Crippen molar-refractivity contribution < 1.29 is 9.59 Å². The maximum Gasteiger partial charge on any atom is 0.254 e. The number of anilines is 1. The minimum atomic E-state index is -0.350. The molecule has 1 aliphatic heterocycles. The number of para-hydroxylation sites is 2. The largest absolute Gasteiger partial charge is 0.329 e. The highest BCUT2D eigenvalue weighted by atomic mass is 35.5. The van der Waals surface area contributed by atoms with Crippen LogP contribution in [0.3, 0.4) is 0 Å². The Morgan fingerprint density at radius 1 is 0.892 bits per heavy atom. The van der Waals surface area contributed by atoms with E-state index in [1.807, 2.05) is 103 Å². The van der Waals surface area contributed by atoms with E-state index in [9.17, 15) is 9.59 Å². The Morgan fingerprint density at radius 2 is 1.59 bits per heavy atom. The van der Waals surface area contributed by atoms with Gasteiger partial charge in [-0.2, -0.15) is 0 Å². The number of nitrogens with zero attached hydrogens (tertiary/aromatic N) is 3. The molecule has 3 aromatic carbocycles. The average molecular weight is 512 g/mol. The Bertz CT molecular complexity index is 1410. The van der Waals surface area contributed by atoms with Gasteiger partial charge in [-0.25, -0.2) is 0 Å². The van der Waals surface area contributed by atoms with Gasteiger partial charge in [0.15, 0.2) is 0 Å². The van der Waals surface area contributed by atoms with E-state index in [1.165, 1.54) is 0 Å². The molecule has 188 valence electrons.